The predicted molar refractivity (Wildman–Crippen MR) is 70.8 cm³/mol. The number of nitrogens with two attached hydrogens (primary N) is 1. The van der Waals surface area contributed by atoms with E-state index in [9.17, 15) is 4.79 Å². The van der Waals surface area contributed by atoms with Crippen LogP contribution in [0.5, 0.6) is 0 Å². The predicted octanol–water partition coefficient (Wildman–Crippen LogP) is 0.916. The minimum Gasteiger partial charge on any atom is -0.349 e. The molecule has 1 fully saturated rings. The molecule has 1 rings (SSSR count). The van der Waals surface area contributed by atoms with Crippen molar-refractivity contribution in [2.45, 2.75) is 32.1 Å². The highest BCUT2D eigenvalue weighted by Crippen LogP contribution is 2.19. The molecule has 4 heteroatoms. The van der Waals surface area contributed by atoms with Crippen molar-refractivity contribution in [2.24, 2.45) is 11.7 Å². The van der Waals surface area contributed by atoms with Gasteiger partial charge in [0.1, 0.15) is 0 Å². The van der Waals surface area contributed by atoms with Crippen LogP contribution in [-0.4, -0.2) is 56.0 Å². The molecule has 0 bridgehead atoms. The zero-order valence-electron chi connectivity index (χ0n) is 11.3. The molecule has 1 amide bonds. The lowest BCUT2D eigenvalue weighted by Gasteiger charge is -2.32. The standard InChI is InChI=1S/C13H27N3O/c1-15(2)13(17)6-4-10-16-9-3-5-12(11-16)7-8-14/h12H,3-11,14H2,1-2H3. The van der Waals surface area contributed by atoms with E-state index in [0.29, 0.717) is 6.42 Å². The summed E-state index contributed by atoms with van der Waals surface area (Å²) >= 11 is 0. The van der Waals surface area contributed by atoms with Gasteiger partial charge >= 0.3 is 0 Å². The van der Waals surface area contributed by atoms with Crippen LogP contribution >= 0.6 is 0 Å². The monoisotopic (exact) mass is 241 g/mol. The number of likely N-dealkylation sites (tertiary alicyclic amines) is 1. The minimum absolute atomic E-state index is 0.237. The number of amides is 1. The molecule has 1 unspecified atom stereocenters. The van der Waals surface area contributed by atoms with Crippen molar-refractivity contribution >= 4 is 5.91 Å². The molecule has 1 saturated heterocycles. The van der Waals surface area contributed by atoms with Crippen molar-refractivity contribution in [2.75, 3.05) is 40.3 Å². The summed E-state index contributed by atoms with van der Waals surface area (Å²) < 4.78 is 0. The third-order valence-electron chi connectivity index (χ3n) is 3.54. The van der Waals surface area contributed by atoms with E-state index in [2.05, 4.69) is 4.90 Å². The Hall–Kier alpha value is -0.610. The van der Waals surface area contributed by atoms with Crippen molar-refractivity contribution in [3.63, 3.8) is 0 Å². The fourth-order valence-corrected chi connectivity index (χ4v) is 2.50. The van der Waals surface area contributed by atoms with Crippen LogP contribution in [0, 0.1) is 5.92 Å². The van der Waals surface area contributed by atoms with E-state index in [1.807, 2.05) is 14.1 Å². The molecule has 1 heterocycles. The van der Waals surface area contributed by atoms with Gasteiger partial charge in [-0.05, 0) is 51.2 Å². The first-order valence-electron chi connectivity index (χ1n) is 6.76. The van der Waals surface area contributed by atoms with Gasteiger partial charge in [0.15, 0.2) is 0 Å². The Morgan fingerprint density at radius 1 is 1.47 bits per heavy atom. The van der Waals surface area contributed by atoms with Crippen LogP contribution in [0.25, 0.3) is 0 Å². The second-order valence-electron chi connectivity index (χ2n) is 5.28. The largest absolute Gasteiger partial charge is 0.349 e. The maximum atomic E-state index is 11.4. The quantitative estimate of drug-likeness (QED) is 0.752. The van der Waals surface area contributed by atoms with Gasteiger partial charge in [-0.2, -0.15) is 0 Å². The molecular weight excluding hydrogens is 214 g/mol. The van der Waals surface area contributed by atoms with Gasteiger partial charge in [-0.1, -0.05) is 0 Å². The average molecular weight is 241 g/mol. The Kier molecular flexibility index (Phi) is 6.52. The van der Waals surface area contributed by atoms with Gasteiger partial charge in [-0.25, -0.2) is 0 Å². The summed E-state index contributed by atoms with van der Waals surface area (Å²) in [6.07, 6.45) is 5.40. The van der Waals surface area contributed by atoms with Crippen LogP contribution in [0.15, 0.2) is 0 Å². The molecule has 17 heavy (non-hydrogen) atoms. The van der Waals surface area contributed by atoms with Gasteiger partial charge in [-0.15, -0.1) is 0 Å². The van der Waals surface area contributed by atoms with E-state index in [1.54, 1.807) is 4.90 Å². The topological polar surface area (TPSA) is 49.6 Å². The smallest absolute Gasteiger partial charge is 0.222 e. The van der Waals surface area contributed by atoms with Crippen LogP contribution in [0.2, 0.25) is 0 Å². The van der Waals surface area contributed by atoms with Crippen molar-refractivity contribution in [1.82, 2.24) is 9.80 Å². The normalized spacial score (nSPS) is 21.5. The van der Waals surface area contributed by atoms with E-state index in [4.69, 9.17) is 5.73 Å². The summed E-state index contributed by atoms with van der Waals surface area (Å²) in [6.45, 7) is 4.23. The summed E-state index contributed by atoms with van der Waals surface area (Å²) in [5.74, 6) is 1.01. The second-order valence-corrected chi connectivity index (χ2v) is 5.28. The van der Waals surface area contributed by atoms with Crippen LogP contribution in [-0.2, 0) is 4.79 Å². The number of rotatable bonds is 6. The molecule has 0 aromatic carbocycles. The highest BCUT2D eigenvalue weighted by atomic mass is 16.2. The molecule has 0 saturated carbocycles. The number of piperidine rings is 1. The molecular formula is C13H27N3O. The van der Waals surface area contributed by atoms with Crippen molar-refractivity contribution in [3.05, 3.63) is 0 Å². The first-order valence-corrected chi connectivity index (χ1v) is 6.76. The number of carbonyl (C=O) groups is 1. The zero-order chi connectivity index (χ0) is 12.7. The number of carbonyl (C=O) groups excluding carboxylic acids is 1. The Bertz CT molecular complexity index is 229. The highest BCUT2D eigenvalue weighted by Gasteiger charge is 2.18. The Balaban J connectivity index is 2.16. The molecule has 0 aliphatic carbocycles. The van der Waals surface area contributed by atoms with Crippen molar-refractivity contribution in [3.8, 4) is 0 Å². The Morgan fingerprint density at radius 3 is 2.88 bits per heavy atom. The molecule has 100 valence electrons. The minimum atomic E-state index is 0.237. The zero-order valence-corrected chi connectivity index (χ0v) is 11.3. The van der Waals surface area contributed by atoms with Gasteiger partial charge in [0.25, 0.3) is 0 Å². The maximum absolute atomic E-state index is 11.4. The van der Waals surface area contributed by atoms with E-state index in [1.165, 1.54) is 25.9 Å². The molecule has 1 aliphatic heterocycles. The molecule has 1 atom stereocenters. The molecule has 0 aromatic heterocycles. The summed E-state index contributed by atoms with van der Waals surface area (Å²) in [4.78, 5) is 15.6. The van der Waals surface area contributed by atoms with E-state index >= 15 is 0 Å². The Labute approximate surface area is 105 Å². The lowest BCUT2D eigenvalue weighted by Crippen LogP contribution is -2.37. The van der Waals surface area contributed by atoms with Gasteiger partial charge in [-0.3, -0.25) is 4.79 Å². The Morgan fingerprint density at radius 2 is 2.24 bits per heavy atom. The lowest BCUT2D eigenvalue weighted by molar-refractivity contribution is -0.128. The van der Waals surface area contributed by atoms with Gasteiger partial charge in [0, 0.05) is 27.1 Å². The summed E-state index contributed by atoms with van der Waals surface area (Å²) in [5.41, 5.74) is 5.61. The summed E-state index contributed by atoms with van der Waals surface area (Å²) in [5, 5.41) is 0. The number of hydrogen-bond acceptors (Lipinski definition) is 3. The van der Waals surface area contributed by atoms with Crippen LogP contribution in [0.4, 0.5) is 0 Å². The lowest BCUT2D eigenvalue weighted by atomic mass is 9.95. The molecule has 0 spiro atoms. The first kappa shape index (κ1) is 14.5. The van der Waals surface area contributed by atoms with Crippen LogP contribution in [0.1, 0.15) is 32.1 Å². The third kappa shape index (κ3) is 5.50. The first-order chi connectivity index (χ1) is 8.13. The van der Waals surface area contributed by atoms with E-state index < -0.39 is 0 Å². The summed E-state index contributed by atoms with van der Waals surface area (Å²) in [6, 6.07) is 0. The van der Waals surface area contributed by atoms with E-state index in [0.717, 1.165) is 31.8 Å². The fourth-order valence-electron chi connectivity index (χ4n) is 2.50. The number of nitrogens with zero attached hydrogens (tertiary/aromatic N) is 2. The summed E-state index contributed by atoms with van der Waals surface area (Å²) in [7, 11) is 3.64. The molecule has 0 aromatic rings. The number of hydrogen-bond donors (Lipinski definition) is 1. The molecule has 0 radical (unpaired) electrons. The van der Waals surface area contributed by atoms with Gasteiger partial charge < -0.3 is 15.5 Å². The third-order valence-corrected chi connectivity index (χ3v) is 3.54. The van der Waals surface area contributed by atoms with Gasteiger partial charge in [0.05, 0.1) is 0 Å². The van der Waals surface area contributed by atoms with Crippen molar-refractivity contribution in [1.29, 1.82) is 0 Å². The maximum Gasteiger partial charge on any atom is 0.222 e. The van der Waals surface area contributed by atoms with Crippen LogP contribution in [0.3, 0.4) is 0 Å². The molecule has 1 aliphatic rings. The SMILES string of the molecule is CN(C)C(=O)CCCN1CCCC(CCN)C1. The van der Waals surface area contributed by atoms with Crippen molar-refractivity contribution < 1.29 is 4.79 Å². The fraction of sp³-hybridized carbons (Fsp3) is 0.923. The van der Waals surface area contributed by atoms with E-state index in [-0.39, 0.29) is 5.91 Å². The molecule has 2 N–H and O–H groups in total. The van der Waals surface area contributed by atoms with Gasteiger partial charge in [0.2, 0.25) is 5.91 Å². The highest BCUT2D eigenvalue weighted by molar-refractivity contribution is 5.75. The second kappa shape index (κ2) is 7.67. The molecule has 4 nitrogen and oxygen atoms in total. The average Bonchev–Trinajstić information content (AvgIpc) is 2.29. The van der Waals surface area contributed by atoms with Crippen LogP contribution < -0.4 is 5.73 Å².